The van der Waals surface area contributed by atoms with E-state index in [1.54, 1.807) is 0 Å². The summed E-state index contributed by atoms with van der Waals surface area (Å²) in [6.45, 7) is 4.94. The molecule has 0 fully saturated rings. The molecule has 0 spiro atoms. The lowest BCUT2D eigenvalue weighted by molar-refractivity contribution is -0.143. The molecule has 0 rings (SSSR count). The lowest BCUT2D eigenvalue weighted by Gasteiger charge is -2.22. The average Bonchev–Trinajstić information content (AvgIpc) is 3.34. The van der Waals surface area contributed by atoms with Crippen LogP contribution in [0.3, 0.4) is 0 Å². The van der Waals surface area contributed by atoms with Gasteiger partial charge in [0.2, 0.25) is 5.91 Å². The summed E-state index contributed by atoms with van der Waals surface area (Å²) in [5.41, 5.74) is 0. The van der Waals surface area contributed by atoms with E-state index in [1.807, 2.05) is 0 Å². The Bertz CT molecular complexity index is 975. The van der Waals surface area contributed by atoms with Gasteiger partial charge in [0.05, 0.1) is 25.4 Å². The number of hydrogen-bond acceptors (Lipinski definition) is 5. The molecule has 0 aromatic rings. The number of carbonyl (C=O) groups is 2. The number of esters is 1. The fraction of sp³-hybridized carbons (Fsp3) is 0.968. The minimum absolute atomic E-state index is 0.0134. The predicted octanol–water partition coefficient (Wildman–Crippen LogP) is 19.5. The Morgan fingerprint density at radius 1 is 0.353 bits per heavy atom. The maximum atomic E-state index is 12.5. The lowest BCUT2D eigenvalue weighted by Crippen LogP contribution is -2.45. The highest BCUT2D eigenvalue weighted by Crippen LogP contribution is 2.19. The van der Waals surface area contributed by atoms with Crippen LogP contribution in [0, 0.1) is 0 Å². The summed E-state index contributed by atoms with van der Waals surface area (Å²) in [7, 11) is 0. The van der Waals surface area contributed by atoms with Crippen molar-refractivity contribution in [3.8, 4) is 0 Å². The molecular weight excluding hydrogens is 839 g/mol. The minimum Gasteiger partial charge on any atom is -0.466 e. The van der Waals surface area contributed by atoms with E-state index in [0.717, 1.165) is 57.8 Å². The zero-order valence-electron chi connectivity index (χ0n) is 46.4. The van der Waals surface area contributed by atoms with Gasteiger partial charge in [0.1, 0.15) is 0 Å². The number of aliphatic hydroxyl groups is 2. The molecule has 0 radical (unpaired) electrons. The number of rotatable bonds is 59. The summed E-state index contributed by atoms with van der Waals surface area (Å²) < 4.78 is 5.48. The topological polar surface area (TPSA) is 95.9 Å². The largest absolute Gasteiger partial charge is 0.466 e. The summed E-state index contributed by atoms with van der Waals surface area (Å²) in [5, 5.41) is 23.4. The first-order chi connectivity index (χ1) is 33.5. The highest BCUT2D eigenvalue weighted by Gasteiger charge is 2.20. The zero-order chi connectivity index (χ0) is 49.3. The first-order valence-electron chi connectivity index (χ1n) is 31.3. The quantitative estimate of drug-likeness (QED) is 0.0417. The van der Waals surface area contributed by atoms with Crippen molar-refractivity contribution in [2.45, 2.75) is 373 Å². The van der Waals surface area contributed by atoms with E-state index in [4.69, 9.17) is 4.74 Å². The maximum Gasteiger partial charge on any atom is 0.305 e. The SMILES string of the molecule is CCCCCCCCCCCCCCCCCCCCCCCCCCCC(O)C(CO)NC(=O)CCCCCCCCCCCCOC(=O)CCCCCCCCCCCCCCCCCC. The summed E-state index contributed by atoms with van der Waals surface area (Å²) in [6.07, 6.45) is 68.2. The standard InChI is InChI=1S/C62H123NO5/c1-3-5-7-9-11-13-15-17-19-21-22-23-24-25-26-27-28-29-30-32-34-38-42-46-50-54-60(65)59(58-64)63-61(66)55-51-47-43-39-36-37-41-45-49-53-57-68-62(67)56-52-48-44-40-35-33-31-20-18-16-14-12-10-8-6-4-2/h59-60,64-65H,3-58H2,1-2H3,(H,63,66). The Balaban J connectivity index is 3.43. The molecule has 1 amide bonds. The Morgan fingerprint density at radius 3 is 0.897 bits per heavy atom. The molecule has 6 heteroatoms. The van der Waals surface area contributed by atoms with E-state index < -0.39 is 12.1 Å². The van der Waals surface area contributed by atoms with Gasteiger partial charge in [-0.1, -0.05) is 322 Å². The van der Waals surface area contributed by atoms with Gasteiger partial charge in [0.15, 0.2) is 0 Å². The zero-order valence-corrected chi connectivity index (χ0v) is 46.4. The minimum atomic E-state index is -0.679. The van der Waals surface area contributed by atoms with Crippen LogP contribution in [-0.2, 0) is 14.3 Å². The van der Waals surface area contributed by atoms with Crippen LogP contribution in [0.1, 0.15) is 361 Å². The van der Waals surface area contributed by atoms with Gasteiger partial charge in [-0.2, -0.15) is 0 Å². The van der Waals surface area contributed by atoms with Crippen molar-refractivity contribution in [2.75, 3.05) is 13.2 Å². The number of ether oxygens (including phenoxy) is 1. The van der Waals surface area contributed by atoms with E-state index in [9.17, 15) is 19.8 Å². The summed E-state index contributed by atoms with van der Waals surface area (Å²) in [6, 6.07) is -0.558. The Labute approximate surface area is 426 Å². The molecule has 0 saturated carbocycles. The van der Waals surface area contributed by atoms with Gasteiger partial charge in [-0.15, -0.1) is 0 Å². The van der Waals surface area contributed by atoms with Gasteiger partial charge in [-0.05, 0) is 25.7 Å². The molecule has 0 aromatic carbocycles. The molecule has 2 unspecified atom stereocenters. The molecule has 0 bridgehead atoms. The number of aliphatic hydroxyl groups excluding tert-OH is 2. The summed E-state index contributed by atoms with van der Waals surface area (Å²) in [4.78, 5) is 24.6. The van der Waals surface area contributed by atoms with E-state index in [0.29, 0.717) is 25.9 Å². The van der Waals surface area contributed by atoms with Crippen LogP contribution >= 0.6 is 0 Å². The van der Waals surface area contributed by atoms with E-state index in [-0.39, 0.29) is 18.5 Å². The van der Waals surface area contributed by atoms with Crippen LogP contribution < -0.4 is 5.32 Å². The molecule has 0 saturated heterocycles. The van der Waals surface area contributed by atoms with Crippen molar-refractivity contribution in [1.82, 2.24) is 5.32 Å². The van der Waals surface area contributed by atoms with Gasteiger partial charge < -0.3 is 20.3 Å². The number of unbranched alkanes of at least 4 members (excludes halogenated alkanes) is 48. The summed E-state index contributed by atoms with van der Waals surface area (Å²) >= 11 is 0. The molecule has 0 heterocycles. The lowest BCUT2D eigenvalue weighted by atomic mass is 10.0. The maximum absolute atomic E-state index is 12.5. The van der Waals surface area contributed by atoms with Crippen LogP contribution in [0.4, 0.5) is 0 Å². The van der Waals surface area contributed by atoms with Crippen molar-refractivity contribution in [3.63, 3.8) is 0 Å². The summed E-state index contributed by atoms with van der Waals surface area (Å²) in [5.74, 6) is -0.0654. The van der Waals surface area contributed by atoms with Crippen molar-refractivity contribution in [1.29, 1.82) is 0 Å². The third kappa shape index (κ3) is 54.2. The van der Waals surface area contributed by atoms with E-state index in [1.165, 1.54) is 270 Å². The fourth-order valence-corrected chi connectivity index (χ4v) is 10.1. The van der Waals surface area contributed by atoms with E-state index in [2.05, 4.69) is 19.2 Å². The molecule has 0 aromatic heterocycles. The number of nitrogens with one attached hydrogen (secondary N) is 1. The van der Waals surface area contributed by atoms with Gasteiger partial charge in [-0.25, -0.2) is 0 Å². The number of amides is 1. The first-order valence-corrected chi connectivity index (χ1v) is 31.3. The Morgan fingerprint density at radius 2 is 0.603 bits per heavy atom. The van der Waals surface area contributed by atoms with Crippen molar-refractivity contribution >= 4 is 11.9 Å². The second-order valence-corrected chi connectivity index (χ2v) is 21.8. The second kappa shape index (κ2) is 58.4. The average molecular weight is 963 g/mol. The second-order valence-electron chi connectivity index (χ2n) is 21.8. The third-order valence-corrected chi connectivity index (χ3v) is 14.9. The van der Waals surface area contributed by atoms with Crippen LogP contribution in [0.2, 0.25) is 0 Å². The molecule has 6 nitrogen and oxygen atoms in total. The predicted molar refractivity (Wildman–Crippen MR) is 297 cm³/mol. The number of carbonyl (C=O) groups excluding carboxylic acids is 2. The first kappa shape index (κ1) is 66.9. The smallest absolute Gasteiger partial charge is 0.305 e. The third-order valence-electron chi connectivity index (χ3n) is 14.9. The molecule has 3 N–H and O–H groups in total. The molecular formula is C62H123NO5. The fourth-order valence-electron chi connectivity index (χ4n) is 10.1. The van der Waals surface area contributed by atoms with Gasteiger partial charge in [0.25, 0.3) is 0 Å². The Hall–Kier alpha value is -1.14. The van der Waals surface area contributed by atoms with Gasteiger partial charge in [-0.3, -0.25) is 9.59 Å². The van der Waals surface area contributed by atoms with Crippen molar-refractivity contribution < 1.29 is 24.5 Å². The van der Waals surface area contributed by atoms with Gasteiger partial charge in [0, 0.05) is 12.8 Å². The number of hydrogen-bond donors (Lipinski definition) is 3. The molecule has 0 aliphatic heterocycles. The monoisotopic (exact) mass is 962 g/mol. The van der Waals surface area contributed by atoms with Crippen molar-refractivity contribution in [2.24, 2.45) is 0 Å². The van der Waals surface area contributed by atoms with Crippen LogP contribution in [0.25, 0.3) is 0 Å². The molecule has 68 heavy (non-hydrogen) atoms. The molecule has 0 aliphatic carbocycles. The van der Waals surface area contributed by atoms with Crippen molar-refractivity contribution in [3.05, 3.63) is 0 Å². The molecule has 2 atom stereocenters. The Kier molecular flexibility index (Phi) is 57.5. The van der Waals surface area contributed by atoms with Crippen LogP contribution in [0.5, 0.6) is 0 Å². The molecule has 0 aliphatic rings. The highest BCUT2D eigenvalue weighted by atomic mass is 16.5. The molecule has 406 valence electrons. The van der Waals surface area contributed by atoms with Gasteiger partial charge >= 0.3 is 5.97 Å². The van der Waals surface area contributed by atoms with E-state index >= 15 is 0 Å². The normalized spacial score (nSPS) is 12.5. The highest BCUT2D eigenvalue weighted by molar-refractivity contribution is 5.76. The van der Waals surface area contributed by atoms with Crippen LogP contribution in [0.15, 0.2) is 0 Å². The van der Waals surface area contributed by atoms with Crippen LogP contribution in [-0.4, -0.2) is 47.4 Å².